The van der Waals surface area contributed by atoms with Gasteiger partial charge in [-0.1, -0.05) is 36.4 Å². The summed E-state index contributed by atoms with van der Waals surface area (Å²) in [6, 6.07) is 20.5. The highest BCUT2D eigenvalue weighted by Crippen LogP contribution is 2.42. The van der Waals surface area contributed by atoms with E-state index in [4.69, 9.17) is 14.2 Å². The van der Waals surface area contributed by atoms with Crippen LogP contribution in [0, 0.1) is 0 Å². The average Bonchev–Trinajstić information content (AvgIpc) is 3.14. The number of aliphatic hydroxyl groups excluding tert-OH is 1. The van der Waals surface area contributed by atoms with Gasteiger partial charge in [-0.25, -0.2) is 0 Å². The number of hydrogen-bond donors (Lipinski definition) is 1. The Morgan fingerprint density at radius 3 is 2.26 bits per heavy atom. The Hall–Kier alpha value is -4.26. The van der Waals surface area contributed by atoms with Gasteiger partial charge in [0, 0.05) is 12.1 Å². The number of ketones is 1. The number of benzene rings is 3. The van der Waals surface area contributed by atoms with E-state index in [0.717, 1.165) is 5.56 Å². The van der Waals surface area contributed by atoms with Crippen molar-refractivity contribution in [3.05, 3.63) is 95.1 Å². The number of ether oxygens (including phenoxy) is 3. The minimum absolute atomic E-state index is 0.0160. The number of nitrogens with zero attached hydrogens (tertiary/aromatic N) is 1. The van der Waals surface area contributed by atoms with Gasteiger partial charge in [0.2, 0.25) is 0 Å². The van der Waals surface area contributed by atoms with Crippen LogP contribution in [0.25, 0.3) is 5.76 Å². The summed E-state index contributed by atoms with van der Waals surface area (Å²) in [5.41, 5.74) is 1.91. The minimum atomic E-state index is -0.818. The van der Waals surface area contributed by atoms with Crippen LogP contribution in [-0.4, -0.2) is 42.5 Å². The van der Waals surface area contributed by atoms with Gasteiger partial charge in [0.15, 0.2) is 11.5 Å². The highest BCUT2D eigenvalue weighted by molar-refractivity contribution is 6.46. The maximum atomic E-state index is 13.3. The molecule has 0 radical (unpaired) electrons. The molecule has 1 unspecified atom stereocenters. The van der Waals surface area contributed by atoms with E-state index < -0.39 is 17.7 Å². The molecule has 1 atom stereocenters. The minimum Gasteiger partial charge on any atom is -0.507 e. The van der Waals surface area contributed by atoms with Crippen LogP contribution in [0.5, 0.6) is 17.2 Å². The monoisotopic (exact) mass is 473 g/mol. The number of Topliss-reactive ketones (excluding diaryl/α,β-unsaturated/α-hetero) is 1. The van der Waals surface area contributed by atoms with Gasteiger partial charge in [-0.2, -0.15) is 0 Å². The van der Waals surface area contributed by atoms with Gasteiger partial charge < -0.3 is 24.2 Å². The molecule has 1 fully saturated rings. The number of carbonyl (C=O) groups is 2. The third kappa shape index (κ3) is 4.71. The molecule has 0 spiro atoms. The normalized spacial score (nSPS) is 16.9. The van der Waals surface area contributed by atoms with Crippen LogP contribution in [0.1, 0.15) is 29.7 Å². The lowest BCUT2D eigenvalue weighted by atomic mass is 9.94. The first kappa shape index (κ1) is 23.9. The third-order valence-electron chi connectivity index (χ3n) is 5.90. The van der Waals surface area contributed by atoms with Crippen molar-refractivity contribution in [1.82, 2.24) is 4.90 Å². The Balaban J connectivity index is 1.86. The van der Waals surface area contributed by atoms with Crippen molar-refractivity contribution in [1.29, 1.82) is 0 Å². The number of aliphatic hydroxyl groups is 1. The quantitative estimate of drug-likeness (QED) is 0.289. The van der Waals surface area contributed by atoms with Crippen molar-refractivity contribution < 1.29 is 28.9 Å². The summed E-state index contributed by atoms with van der Waals surface area (Å²) in [4.78, 5) is 28.0. The van der Waals surface area contributed by atoms with Crippen molar-refractivity contribution in [3.8, 4) is 17.2 Å². The maximum absolute atomic E-state index is 13.3. The molecule has 1 N–H and O–H groups in total. The molecule has 0 bridgehead atoms. The molecule has 35 heavy (non-hydrogen) atoms. The molecule has 4 rings (SSSR count). The van der Waals surface area contributed by atoms with Crippen LogP contribution in [0.15, 0.2) is 78.4 Å². The molecular weight excluding hydrogens is 446 g/mol. The topological polar surface area (TPSA) is 85.3 Å². The summed E-state index contributed by atoms with van der Waals surface area (Å²) in [7, 11) is 3.07. The highest BCUT2D eigenvalue weighted by atomic mass is 16.5. The van der Waals surface area contributed by atoms with Gasteiger partial charge in [-0.05, 0) is 54.4 Å². The van der Waals surface area contributed by atoms with Crippen molar-refractivity contribution >= 4 is 17.4 Å². The van der Waals surface area contributed by atoms with Crippen LogP contribution >= 0.6 is 0 Å². The number of methoxy groups -OCH3 is 2. The summed E-state index contributed by atoms with van der Waals surface area (Å²) < 4.78 is 16.3. The molecule has 3 aromatic rings. The molecule has 0 aliphatic carbocycles. The fraction of sp³-hybridized carbons (Fsp3) is 0.214. The fourth-order valence-electron chi connectivity index (χ4n) is 4.20. The first-order valence-electron chi connectivity index (χ1n) is 11.3. The van der Waals surface area contributed by atoms with Crippen LogP contribution in [0.3, 0.4) is 0 Å². The van der Waals surface area contributed by atoms with Crippen molar-refractivity contribution in [2.24, 2.45) is 0 Å². The predicted octanol–water partition coefficient (Wildman–Crippen LogP) is 4.72. The maximum Gasteiger partial charge on any atom is 0.295 e. The molecule has 1 saturated heterocycles. The second kappa shape index (κ2) is 10.3. The van der Waals surface area contributed by atoms with Crippen LogP contribution in [0.4, 0.5) is 0 Å². The third-order valence-corrected chi connectivity index (χ3v) is 5.90. The Labute approximate surface area is 204 Å². The standard InChI is InChI=1S/C28H27NO6/c1-4-35-22-15-12-20(16-23(22)34-3)25-24(26(30)19-10-13-21(33-2)14-11-19)27(31)28(32)29(25)17-18-8-6-5-7-9-18/h5-16,25,30H,4,17H2,1-3H3/b26-24+. The zero-order chi connectivity index (χ0) is 24.9. The Morgan fingerprint density at radius 2 is 1.63 bits per heavy atom. The first-order valence-corrected chi connectivity index (χ1v) is 11.3. The summed E-state index contributed by atoms with van der Waals surface area (Å²) in [6.07, 6.45) is 0. The highest BCUT2D eigenvalue weighted by Gasteiger charge is 2.46. The lowest BCUT2D eigenvalue weighted by Gasteiger charge is -2.26. The number of amides is 1. The van der Waals surface area contributed by atoms with Gasteiger partial charge in [0.25, 0.3) is 11.7 Å². The SMILES string of the molecule is CCOc1ccc(C2/C(=C(\O)c3ccc(OC)cc3)C(=O)C(=O)N2Cc2ccccc2)cc1OC. The van der Waals surface area contributed by atoms with E-state index in [2.05, 4.69) is 0 Å². The Bertz CT molecular complexity index is 1250. The molecule has 1 aliphatic rings. The molecule has 7 nitrogen and oxygen atoms in total. The van der Waals surface area contributed by atoms with Crippen molar-refractivity contribution in [2.75, 3.05) is 20.8 Å². The molecule has 1 aliphatic heterocycles. The molecule has 3 aromatic carbocycles. The van der Waals surface area contributed by atoms with E-state index in [0.29, 0.717) is 35.0 Å². The molecule has 0 saturated carbocycles. The molecule has 0 aromatic heterocycles. The number of rotatable bonds is 8. The van der Waals surface area contributed by atoms with E-state index in [1.165, 1.54) is 12.0 Å². The first-order chi connectivity index (χ1) is 17.0. The van der Waals surface area contributed by atoms with E-state index in [9.17, 15) is 14.7 Å². The smallest absolute Gasteiger partial charge is 0.295 e. The zero-order valence-corrected chi connectivity index (χ0v) is 19.9. The molecule has 7 heteroatoms. The molecule has 1 amide bonds. The number of carbonyl (C=O) groups excluding carboxylic acids is 2. The van der Waals surface area contributed by atoms with E-state index in [1.807, 2.05) is 37.3 Å². The van der Waals surface area contributed by atoms with Crippen LogP contribution in [0.2, 0.25) is 0 Å². The Kier molecular flexibility index (Phi) is 7.06. The number of likely N-dealkylation sites (tertiary alicyclic amines) is 1. The molecule has 1 heterocycles. The summed E-state index contributed by atoms with van der Waals surface area (Å²) in [5, 5.41) is 11.2. The van der Waals surface area contributed by atoms with E-state index >= 15 is 0 Å². The second-order valence-corrected chi connectivity index (χ2v) is 7.98. The van der Waals surface area contributed by atoms with Crippen LogP contribution in [-0.2, 0) is 16.1 Å². The predicted molar refractivity (Wildman–Crippen MR) is 131 cm³/mol. The van der Waals surface area contributed by atoms with Gasteiger partial charge in [0.1, 0.15) is 11.5 Å². The lowest BCUT2D eigenvalue weighted by Crippen LogP contribution is -2.29. The summed E-state index contributed by atoms with van der Waals surface area (Å²) >= 11 is 0. The number of hydrogen-bond acceptors (Lipinski definition) is 6. The van der Waals surface area contributed by atoms with Gasteiger partial charge >= 0.3 is 0 Å². The zero-order valence-electron chi connectivity index (χ0n) is 19.9. The van der Waals surface area contributed by atoms with Crippen LogP contribution < -0.4 is 14.2 Å². The fourth-order valence-corrected chi connectivity index (χ4v) is 4.20. The second-order valence-electron chi connectivity index (χ2n) is 7.98. The largest absolute Gasteiger partial charge is 0.507 e. The molecular formula is C28H27NO6. The van der Waals surface area contributed by atoms with Crippen molar-refractivity contribution in [2.45, 2.75) is 19.5 Å². The van der Waals surface area contributed by atoms with Gasteiger partial charge in [0.05, 0.1) is 32.4 Å². The summed E-state index contributed by atoms with van der Waals surface area (Å²) in [5.74, 6) is -0.0415. The van der Waals surface area contributed by atoms with Gasteiger partial charge in [-0.15, -0.1) is 0 Å². The van der Waals surface area contributed by atoms with Gasteiger partial charge in [-0.3, -0.25) is 9.59 Å². The Morgan fingerprint density at radius 1 is 0.914 bits per heavy atom. The van der Waals surface area contributed by atoms with E-state index in [1.54, 1.807) is 49.6 Å². The molecule has 180 valence electrons. The lowest BCUT2D eigenvalue weighted by molar-refractivity contribution is -0.140. The summed E-state index contributed by atoms with van der Waals surface area (Å²) in [6.45, 7) is 2.53. The van der Waals surface area contributed by atoms with Crippen molar-refractivity contribution in [3.63, 3.8) is 0 Å². The van der Waals surface area contributed by atoms with E-state index in [-0.39, 0.29) is 17.9 Å². The average molecular weight is 474 g/mol.